The fourth-order valence-corrected chi connectivity index (χ4v) is 4.95. The molecule has 2 aliphatic rings. The molecule has 2 aromatic rings. The summed E-state index contributed by atoms with van der Waals surface area (Å²) in [5.41, 5.74) is 1.69. The second kappa shape index (κ2) is 8.24. The number of fused-ring (bicyclic) bond motifs is 2. The lowest BCUT2D eigenvalue weighted by molar-refractivity contribution is 0.0759. The maximum Gasteiger partial charge on any atom is 0.253 e. The molecule has 4 rings (SSSR count). The van der Waals surface area contributed by atoms with Gasteiger partial charge in [0, 0.05) is 46.2 Å². The second-order valence-corrected chi connectivity index (χ2v) is 9.18. The van der Waals surface area contributed by atoms with Crippen LogP contribution >= 0.6 is 0 Å². The summed E-state index contributed by atoms with van der Waals surface area (Å²) in [5.74, 6) is -0.636. The maximum atomic E-state index is 13.1. The summed E-state index contributed by atoms with van der Waals surface area (Å²) in [5, 5.41) is -0.438. The standard InChI is InChI=1S/C23H23NO5S/c1-14(30(28)29)15-5-4-11-24(12-10-15)23(27)16-8-9-19-20(13-16)22(26)18-7-3-2-6-17(18)21(19)25/h2-3,6-9,13-15H,4-5,10-12H2,1H3,(H,28,29)/p-1. The second-order valence-electron chi connectivity index (χ2n) is 7.91. The van der Waals surface area contributed by atoms with Gasteiger partial charge in [-0.15, -0.1) is 0 Å². The molecular formula is C23H22NO5S-. The number of ketones is 2. The summed E-state index contributed by atoms with van der Waals surface area (Å²) in [4.78, 5) is 40.4. The first-order valence-corrected chi connectivity index (χ1v) is 11.2. The quantitative estimate of drug-likeness (QED) is 0.603. The zero-order valence-electron chi connectivity index (χ0n) is 16.6. The molecule has 2 aromatic carbocycles. The van der Waals surface area contributed by atoms with Crippen LogP contribution in [0.15, 0.2) is 42.5 Å². The first kappa shape index (κ1) is 20.6. The number of carbonyl (C=O) groups excluding carboxylic acids is 3. The van der Waals surface area contributed by atoms with E-state index in [4.69, 9.17) is 0 Å². The largest absolute Gasteiger partial charge is 0.772 e. The molecule has 1 heterocycles. The zero-order valence-corrected chi connectivity index (χ0v) is 17.4. The Morgan fingerprint density at radius 1 is 1.00 bits per heavy atom. The van der Waals surface area contributed by atoms with Crippen LogP contribution in [0, 0.1) is 5.92 Å². The van der Waals surface area contributed by atoms with Crippen molar-refractivity contribution in [2.75, 3.05) is 13.1 Å². The molecule has 1 amide bonds. The predicted molar refractivity (Wildman–Crippen MR) is 111 cm³/mol. The number of likely N-dealkylation sites (tertiary alicyclic amines) is 1. The van der Waals surface area contributed by atoms with Crippen LogP contribution in [0.3, 0.4) is 0 Å². The molecule has 1 fully saturated rings. The van der Waals surface area contributed by atoms with Crippen LogP contribution in [0.1, 0.15) is 68.4 Å². The van der Waals surface area contributed by atoms with E-state index < -0.39 is 16.3 Å². The average Bonchev–Trinajstić information content (AvgIpc) is 3.02. The van der Waals surface area contributed by atoms with Crippen molar-refractivity contribution in [3.8, 4) is 0 Å². The summed E-state index contributed by atoms with van der Waals surface area (Å²) in [7, 11) is 0. The molecular weight excluding hydrogens is 402 g/mol. The number of benzene rings is 2. The molecule has 0 radical (unpaired) electrons. The van der Waals surface area contributed by atoms with E-state index in [9.17, 15) is 23.1 Å². The summed E-state index contributed by atoms with van der Waals surface area (Å²) in [6.45, 7) is 2.72. The number of nitrogens with zero attached hydrogens (tertiary/aromatic N) is 1. The lowest BCUT2D eigenvalue weighted by Crippen LogP contribution is -2.33. The molecule has 3 atom stereocenters. The van der Waals surface area contributed by atoms with E-state index >= 15 is 0 Å². The van der Waals surface area contributed by atoms with Gasteiger partial charge in [-0.3, -0.25) is 18.6 Å². The van der Waals surface area contributed by atoms with Crippen molar-refractivity contribution < 1.29 is 23.1 Å². The summed E-state index contributed by atoms with van der Waals surface area (Å²) >= 11 is -2.12. The Bertz CT molecular complexity index is 1060. The van der Waals surface area contributed by atoms with E-state index in [0.29, 0.717) is 41.8 Å². The van der Waals surface area contributed by atoms with Crippen molar-refractivity contribution in [3.63, 3.8) is 0 Å². The highest BCUT2D eigenvalue weighted by molar-refractivity contribution is 7.79. The lowest BCUT2D eigenvalue weighted by Gasteiger charge is -2.25. The first-order chi connectivity index (χ1) is 14.4. The molecule has 6 nitrogen and oxygen atoms in total. The van der Waals surface area contributed by atoms with Crippen molar-refractivity contribution in [2.45, 2.75) is 31.4 Å². The molecule has 3 unspecified atom stereocenters. The number of amides is 1. The third kappa shape index (κ3) is 3.63. The molecule has 30 heavy (non-hydrogen) atoms. The Kier molecular flexibility index (Phi) is 5.66. The van der Waals surface area contributed by atoms with E-state index in [1.54, 1.807) is 48.2 Å². The van der Waals surface area contributed by atoms with Crippen LogP contribution in [0.5, 0.6) is 0 Å². The molecule has 0 bridgehead atoms. The molecule has 1 aliphatic carbocycles. The molecule has 0 spiro atoms. The number of rotatable bonds is 3. The third-order valence-electron chi connectivity index (χ3n) is 6.20. The molecule has 0 N–H and O–H groups in total. The number of hydrogen-bond acceptors (Lipinski definition) is 5. The Labute approximate surface area is 177 Å². The third-order valence-corrected chi connectivity index (χ3v) is 7.19. The van der Waals surface area contributed by atoms with Gasteiger partial charge in [-0.25, -0.2) is 0 Å². The molecule has 0 aromatic heterocycles. The van der Waals surface area contributed by atoms with Crippen LogP contribution in [0.2, 0.25) is 0 Å². The normalized spacial score (nSPS) is 20.7. The van der Waals surface area contributed by atoms with Crippen LogP contribution < -0.4 is 0 Å². The van der Waals surface area contributed by atoms with Gasteiger partial charge in [0.2, 0.25) is 0 Å². The Morgan fingerprint density at radius 3 is 2.30 bits per heavy atom. The summed E-state index contributed by atoms with van der Waals surface area (Å²) < 4.78 is 22.6. The highest BCUT2D eigenvalue weighted by Gasteiger charge is 2.31. The van der Waals surface area contributed by atoms with Crippen molar-refractivity contribution in [1.29, 1.82) is 0 Å². The van der Waals surface area contributed by atoms with Crippen molar-refractivity contribution in [1.82, 2.24) is 4.90 Å². The smallest absolute Gasteiger partial charge is 0.253 e. The van der Waals surface area contributed by atoms with Crippen molar-refractivity contribution >= 4 is 28.6 Å². The Morgan fingerprint density at radius 2 is 1.63 bits per heavy atom. The fourth-order valence-electron chi connectivity index (χ4n) is 4.37. The van der Waals surface area contributed by atoms with Gasteiger partial charge in [0.1, 0.15) is 0 Å². The van der Waals surface area contributed by atoms with E-state index in [2.05, 4.69) is 0 Å². The van der Waals surface area contributed by atoms with Crippen LogP contribution in [-0.2, 0) is 11.1 Å². The van der Waals surface area contributed by atoms with Crippen LogP contribution in [0.4, 0.5) is 0 Å². The van der Waals surface area contributed by atoms with Crippen molar-refractivity contribution in [2.24, 2.45) is 5.92 Å². The minimum absolute atomic E-state index is 0.0281. The van der Waals surface area contributed by atoms with Gasteiger partial charge in [-0.1, -0.05) is 42.3 Å². The van der Waals surface area contributed by atoms with Gasteiger partial charge in [-0.2, -0.15) is 0 Å². The fraction of sp³-hybridized carbons (Fsp3) is 0.348. The van der Waals surface area contributed by atoms with Gasteiger partial charge >= 0.3 is 0 Å². The molecule has 7 heteroatoms. The minimum atomic E-state index is -2.12. The summed E-state index contributed by atoms with van der Waals surface area (Å²) in [6, 6.07) is 11.4. The Hall–Kier alpha value is -2.64. The molecule has 0 saturated carbocycles. The van der Waals surface area contributed by atoms with Crippen LogP contribution in [0.25, 0.3) is 0 Å². The molecule has 1 aliphatic heterocycles. The first-order valence-electron chi connectivity index (χ1n) is 10.1. The van der Waals surface area contributed by atoms with Gasteiger partial charge in [0.25, 0.3) is 5.91 Å². The topological polar surface area (TPSA) is 94.6 Å². The lowest BCUT2D eigenvalue weighted by atomic mass is 9.83. The van der Waals surface area contributed by atoms with Gasteiger partial charge < -0.3 is 9.45 Å². The van der Waals surface area contributed by atoms with E-state index in [-0.39, 0.29) is 29.0 Å². The van der Waals surface area contributed by atoms with Gasteiger partial charge in [-0.05, 0) is 43.4 Å². The zero-order chi connectivity index (χ0) is 21.4. The number of carbonyl (C=O) groups is 3. The highest BCUT2D eigenvalue weighted by Crippen LogP contribution is 2.29. The van der Waals surface area contributed by atoms with Gasteiger partial charge in [0.05, 0.1) is 0 Å². The molecule has 1 saturated heterocycles. The summed E-state index contributed by atoms with van der Waals surface area (Å²) in [6.07, 6.45) is 2.11. The SMILES string of the molecule is CC(C1CCCN(C(=O)c2ccc3c(c2)C(=O)c2ccccc2C3=O)CC1)S(=O)[O-]. The van der Waals surface area contributed by atoms with Gasteiger partial charge in [0.15, 0.2) is 11.6 Å². The number of hydrogen-bond donors (Lipinski definition) is 0. The predicted octanol–water partition coefficient (Wildman–Crippen LogP) is 2.97. The van der Waals surface area contributed by atoms with E-state index in [1.165, 1.54) is 6.07 Å². The van der Waals surface area contributed by atoms with Crippen LogP contribution in [-0.4, -0.2) is 49.5 Å². The maximum absolute atomic E-state index is 13.1. The average molecular weight is 424 g/mol. The Balaban J connectivity index is 1.57. The monoisotopic (exact) mass is 424 g/mol. The highest BCUT2D eigenvalue weighted by atomic mass is 32.2. The van der Waals surface area contributed by atoms with E-state index in [1.807, 2.05) is 0 Å². The minimum Gasteiger partial charge on any atom is -0.772 e. The van der Waals surface area contributed by atoms with E-state index in [0.717, 1.165) is 12.8 Å². The molecule has 156 valence electrons. The van der Waals surface area contributed by atoms with Crippen molar-refractivity contribution in [3.05, 3.63) is 70.3 Å².